The minimum Gasteiger partial charge on any atom is -0.457 e. The molecule has 1 aliphatic carbocycles. The highest BCUT2D eigenvalue weighted by molar-refractivity contribution is 6.32. The fraction of sp³-hybridized carbons (Fsp3) is 0. The molecule has 0 amide bonds. The van der Waals surface area contributed by atoms with Gasteiger partial charge in [-0.3, -0.25) is 9.59 Å². The van der Waals surface area contributed by atoms with Gasteiger partial charge < -0.3 is 14.2 Å². The summed E-state index contributed by atoms with van der Waals surface area (Å²) in [6.07, 6.45) is 0. The van der Waals surface area contributed by atoms with Gasteiger partial charge in [-0.2, -0.15) is 0 Å². The summed E-state index contributed by atoms with van der Waals surface area (Å²) < 4.78 is 19.0. The van der Waals surface area contributed by atoms with Crippen LogP contribution >= 0.6 is 0 Å². The van der Waals surface area contributed by atoms with E-state index in [0.717, 1.165) is 0 Å². The molecular formula is C36H22O5. The molecule has 196 valence electrons. The van der Waals surface area contributed by atoms with Gasteiger partial charge in [-0.1, -0.05) is 78.9 Å². The van der Waals surface area contributed by atoms with Crippen molar-refractivity contribution < 1.29 is 23.8 Å². The maximum Gasteiger partial charge on any atom is 0.198 e. The van der Waals surface area contributed by atoms with Crippen LogP contribution in [0.25, 0.3) is 10.8 Å². The standard InChI is InChI=1S/C36H22O5/c37-33-27-18-10-11-19-28(27)34(38)32-31(33)35(40-24-14-6-2-7-15-24)29-21-20-26(39-23-12-4-1-5-13-23)22-30(29)36(32)41-25-16-8-3-9-17-25/h1-22H. The number of para-hydroxylation sites is 3. The highest BCUT2D eigenvalue weighted by Crippen LogP contribution is 2.49. The molecule has 0 saturated heterocycles. The lowest BCUT2D eigenvalue weighted by Gasteiger charge is -2.25. The number of hydrogen-bond acceptors (Lipinski definition) is 5. The molecular weight excluding hydrogens is 512 g/mol. The fourth-order valence-corrected chi connectivity index (χ4v) is 5.10. The number of ether oxygens (including phenoxy) is 3. The van der Waals surface area contributed by atoms with E-state index < -0.39 is 0 Å². The van der Waals surface area contributed by atoms with Crippen LogP contribution in [0, 0.1) is 0 Å². The zero-order valence-electron chi connectivity index (χ0n) is 21.7. The van der Waals surface area contributed by atoms with Crippen LogP contribution in [0.2, 0.25) is 0 Å². The third-order valence-corrected chi connectivity index (χ3v) is 6.96. The average molecular weight is 535 g/mol. The zero-order valence-corrected chi connectivity index (χ0v) is 21.7. The van der Waals surface area contributed by atoms with Crippen LogP contribution in [0.15, 0.2) is 133 Å². The van der Waals surface area contributed by atoms with Gasteiger partial charge in [0, 0.05) is 21.9 Å². The molecule has 0 aromatic heterocycles. The summed E-state index contributed by atoms with van der Waals surface area (Å²) in [7, 11) is 0. The lowest BCUT2D eigenvalue weighted by molar-refractivity contribution is 0.0975. The summed E-state index contributed by atoms with van der Waals surface area (Å²) in [5.74, 6) is 2.23. The lowest BCUT2D eigenvalue weighted by atomic mass is 9.81. The van der Waals surface area contributed by atoms with Crippen LogP contribution < -0.4 is 14.2 Å². The van der Waals surface area contributed by atoms with Crippen molar-refractivity contribution in [2.75, 3.05) is 0 Å². The minimum absolute atomic E-state index is 0.160. The third kappa shape index (κ3) is 4.39. The van der Waals surface area contributed by atoms with Crippen molar-refractivity contribution in [1.82, 2.24) is 0 Å². The Balaban J connectivity index is 1.53. The number of rotatable bonds is 6. The van der Waals surface area contributed by atoms with Gasteiger partial charge in [0.15, 0.2) is 11.6 Å². The maximum atomic E-state index is 14.2. The Kier molecular flexibility index (Phi) is 6.02. The van der Waals surface area contributed by atoms with Gasteiger partial charge >= 0.3 is 0 Å². The van der Waals surface area contributed by atoms with E-state index in [9.17, 15) is 9.59 Å². The Bertz CT molecular complexity index is 1930. The molecule has 0 spiro atoms. The number of carbonyl (C=O) groups is 2. The first-order valence-corrected chi connectivity index (χ1v) is 13.2. The normalized spacial score (nSPS) is 12.0. The number of fused-ring (bicyclic) bond motifs is 3. The Labute approximate surface area is 236 Å². The van der Waals surface area contributed by atoms with E-state index in [2.05, 4.69) is 0 Å². The van der Waals surface area contributed by atoms with Crippen LogP contribution in [-0.4, -0.2) is 11.6 Å². The molecule has 5 heteroatoms. The molecule has 0 aliphatic heterocycles. The topological polar surface area (TPSA) is 61.8 Å². The van der Waals surface area contributed by atoms with Gasteiger partial charge in [0.25, 0.3) is 0 Å². The van der Waals surface area contributed by atoms with Gasteiger partial charge in [-0.25, -0.2) is 0 Å². The SMILES string of the molecule is O=C1c2ccccc2C(=O)c2c1c(Oc1ccccc1)c1ccc(Oc3ccccc3)cc1c2Oc1ccccc1. The summed E-state index contributed by atoms with van der Waals surface area (Å²) in [6.45, 7) is 0. The van der Waals surface area contributed by atoms with Gasteiger partial charge in [0.05, 0.1) is 11.1 Å². The Morgan fingerprint density at radius 3 is 1.27 bits per heavy atom. The molecule has 0 fully saturated rings. The van der Waals surface area contributed by atoms with Gasteiger partial charge in [0.1, 0.15) is 34.5 Å². The average Bonchev–Trinajstić information content (AvgIpc) is 3.02. The summed E-state index contributed by atoms with van der Waals surface area (Å²) >= 11 is 0. The van der Waals surface area contributed by atoms with Crippen LogP contribution in [0.3, 0.4) is 0 Å². The van der Waals surface area contributed by atoms with Crippen molar-refractivity contribution in [3.8, 4) is 34.5 Å². The first kappa shape index (κ1) is 24.4. The number of carbonyl (C=O) groups excluding carboxylic acids is 2. The van der Waals surface area contributed by atoms with E-state index in [1.807, 2.05) is 97.1 Å². The third-order valence-electron chi connectivity index (χ3n) is 6.96. The molecule has 41 heavy (non-hydrogen) atoms. The van der Waals surface area contributed by atoms with Crippen molar-refractivity contribution in [2.45, 2.75) is 0 Å². The molecule has 5 nitrogen and oxygen atoms in total. The molecule has 0 radical (unpaired) electrons. The van der Waals surface area contributed by atoms with Crippen LogP contribution in [0.5, 0.6) is 34.5 Å². The quantitative estimate of drug-likeness (QED) is 0.213. The van der Waals surface area contributed by atoms with Crippen LogP contribution in [0.4, 0.5) is 0 Å². The van der Waals surface area contributed by atoms with Crippen molar-refractivity contribution in [3.63, 3.8) is 0 Å². The van der Waals surface area contributed by atoms with Gasteiger partial charge in [0.2, 0.25) is 0 Å². The fourth-order valence-electron chi connectivity index (χ4n) is 5.10. The second-order valence-corrected chi connectivity index (χ2v) is 9.56. The van der Waals surface area contributed by atoms with E-state index in [1.165, 1.54) is 0 Å². The van der Waals surface area contributed by atoms with Gasteiger partial charge in [-0.05, 0) is 54.6 Å². The number of benzene rings is 6. The molecule has 0 saturated carbocycles. The van der Waals surface area contributed by atoms with Gasteiger partial charge in [-0.15, -0.1) is 0 Å². The number of ketones is 2. The zero-order chi connectivity index (χ0) is 27.8. The lowest BCUT2D eigenvalue weighted by Crippen LogP contribution is -2.22. The van der Waals surface area contributed by atoms with E-state index in [1.54, 1.807) is 36.4 Å². The molecule has 6 aromatic carbocycles. The molecule has 6 aromatic rings. The first-order chi connectivity index (χ1) is 20.2. The van der Waals surface area contributed by atoms with E-state index in [0.29, 0.717) is 50.6 Å². The molecule has 0 unspecified atom stereocenters. The molecule has 0 heterocycles. The summed E-state index contributed by atoms with van der Waals surface area (Å²) in [5.41, 5.74) is 0.988. The molecule has 0 atom stereocenters. The van der Waals surface area contributed by atoms with Crippen LogP contribution in [0.1, 0.15) is 31.8 Å². The van der Waals surface area contributed by atoms with Crippen molar-refractivity contribution >= 4 is 22.3 Å². The van der Waals surface area contributed by atoms with Crippen molar-refractivity contribution in [3.05, 3.63) is 156 Å². The predicted octanol–water partition coefficient (Wildman–Crippen LogP) is 8.99. The van der Waals surface area contributed by atoms with E-state index in [4.69, 9.17) is 14.2 Å². The predicted molar refractivity (Wildman–Crippen MR) is 157 cm³/mol. The first-order valence-electron chi connectivity index (χ1n) is 13.2. The van der Waals surface area contributed by atoms with E-state index >= 15 is 0 Å². The smallest absolute Gasteiger partial charge is 0.198 e. The Morgan fingerprint density at radius 2 is 0.780 bits per heavy atom. The monoisotopic (exact) mass is 534 g/mol. The highest BCUT2D eigenvalue weighted by atomic mass is 16.5. The second kappa shape index (κ2) is 10.1. The van der Waals surface area contributed by atoms with Crippen LogP contribution in [-0.2, 0) is 0 Å². The minimum atomic E-state index is -0.310. The van der Waals surface area contributed by atoms with E-state index in [-0.39, 0.29) is 28.4 Å². The molecule has 0 bridgehead atoms. The second-order valence-electron chi connectivity index (χ2n) is 9.56. The maximum absolute atomic E-state index is 14.2. The largest absolute Gasteiger partial charge is 0.457 e. The Hall–Kier alpha value is -5.68. The molecule has 7 rings (SSSR count). The molecule has 1 aliphatic rings. The number of hydrogen-bond donors (Lipinski definition) is 0. The molecule has 0 N–H and O–H groups in total. The highest BCUT2D eigenvalue weighted by Gasteiger charge is 2.37. The van der Waals surface area contributed by atoms with Crippen molar-refractivity contribution in [1.29, 1.82) is 0 Å². The summed E-state index contributed by atoms with van der Waals surface area (Å²) in [5, 5.41) is 1.19. The Morgan fingerprint density at radius 1 is 0.366 bits per heavy atom. The summed E-state index contributed by atoms with van der Waals surface area (Å²) in [6, 6.07) is 40.1. The summed E-state index contributed by atoms with van der Waals surface area (Å²) in [4.78, 5) is 28.3. The van der Waals surface area contributed by atoms with Crippen molar-refractivity contribution in [2.24, 2.45) is 0 Å².